The van der Waals surface area contributed by atoms with Crippen molar-refractivity contribution in [1.82, 2.24) is 0 Å². The molecule has 0 radical (unpaired) electrons. The summed E-state index contributed by atoms with van der Waals surface area (Å²) in [6, 6.07) is 0. The highest BCUT2D eigenvalue weighted by molar-refractivity contribution is 7.47. The van der Waals surface area contributed by atoms with E-state index in [1.54, 1.807) is 0 Å². The lowest BCUT2D eigenvalue weighted by Crippen LogP contribution is -2.37. The van der Waals surface area contributed by atoms with Gasteiger partial charge >= 0.3 is 19.8 Å². The van der Waals surface area contributed by atoms with E-state index in [-0.39, 0.29) is 25.6 Å². The minimum absolute atomic E-state index is 0.0374. The van der Waals surface area contributed by atoms with Crippen molar-refractivity contribution >= 4 is 19.8 Å². The maximum absolute atomic E-state index is 12.8. The summed E-state index contributed by atoms with van der Waals surface area (Å²) in [5.41, 5.74) is 0. The van der Waals surface area contributed by atoms with Crippen molar-refractivity contribution in [3.63, 3.8) is 0 Å². The van der Waals surface area contributed by atoms with Gasteiger partial charge in [0.25, 0.3) is 0 Å². The van der Waals surface area contributed by atoms with Gasteiger partial charge in [0, 0.05) is 12.8 Å². The molecule has 0 aliphatic rings. The van der Waals surface area contributed by atoms with Crippen LogP contribution in [-0.2, 0) is 32.7 Å². The van der Waals surface area contributed by atoms with E-state index in [0.29, 0.717) is 17.4 Å². The van der Waals surface area contributed by atoms with Crippen LogP contribution in [0.5, 0.6) is 0 Å². The van der Waals surface area contributed by atoms with E-state index in [2.05, 4.69) is 13.8 Å². The summed E-state index contributed by atoms with van der Waals surface area (Å²) in [6.07, 6.45) is 54.5. The van der Waals surface area contributed by atoms with Crippen molar-refractivity contribution in [3.05, 3.63) is 0 Å². The second kappa shape index (κ2) is 49.0. The van der Waals surface area contributed by atoms with Crippen LogP contribution in [0.25, 0.3) is 0 Å². The molecule has 1 unspecified atom stereocenters. The van der Waals surface area contributed by atoms with Gasteiger partial charge in [0.15, 0.2) is 6.10 Å². The number of carbonyl (C=O) groups is 2. The van der Waals surface area contributed by atoms with Crippen LogP contribution in [0, 0.1) is 0 Å². The highest BCUT2D eigenvalue weighted by Crippen LogP contribution is 2.43. The van der Waals surface area contributed by atoms with Gasteiger partial charge in [-0.05, 0) is 12.8 Å². The molecule has 0 fully saturated rings. The minimum Gasteiger partial charge on any atom is -0.462 e. The molecule has 1 N–H and O–H groups in total. The second-order valence-corrected chi connectivity index (χ2v) is 22.5. The van der Waals surface area contributed by atoms with Gasteiger partial charge in [0.2, 0.25) is 0 Å². The fraction of sp³-hybridized carbons (Fsp3) is 0.964. The van der Waals surface area contributed by atoms with Gasteiger partial charge in [-0.25, -0.2) is 4.57 Å². The summed E-state index contributed by atoms with van der Waals surface area (Å²) in [6.45, 7) is 4.51. The second-order valence-electron chi connectivity index (χ2n) is 21.0. The van der Waals surface area contributed by atoms with E-state index in [1.807, 2.05) is 21.1 Å². The zero-order valence-electron chi connectivity index (χ0n) is 44.7. The quantitative estimate of drug-likeness (QED) is 0.0278. The van der Waals surface area contributed by atoms with Crippen molar-refractivity contribution in [2.45, 2.75) is 302 Å². The molecule has 10 heteroatoms. The first-order chi connectivity index (χ1) is 32.0. The molecule has 0 heterocycles. The molecule has 0 aliphatic heterocycles. The number of quaternary nitrogens is 1. The normalized spacial score (nSPS) is 13.2. The van der Waals surface area contributed by atoms with E-state index in [0.717, 1.165) is 38.5 Å². The van der Waals surface area contributed by atoms with Gasteiger partial charge in [0.1, 0.15) is 19.8 Å². The average molecular weight is 959 g/mol. The number of esters is 2. The molecule has 0 aromatic rings. The Morgan fingerprint density at radius 3 is 0.970 bits per heavy atom. The standard InChI is InChI=1S/C56H112NO8P/c1-6-8-10-12-14-16-18-20-22-24-26-28-30-32-34-36-38-40-42-44-46-48-55(58)62-52-54(53-64-66(60,61)63-51-50-57(3,4)5)65-56(59)49-47-45-43-41-39-37-35-33-31-29-27-25-23-21-19-17-15-13-11-9-7-2/h54H,6-53H2,1-5H3/p+1/t54-/m1/s1. The third kappa shape index (κ3) is 52.4. The van der Waals surface area contributed by atoms with E-state index >= 15 is 0 Å². The molecule has 66 heavy (non-hydrogen) atoms. The van der Waals surface area contributed by atoms with Crippen LogP contribution in [0.15, 0.2) is 0 Å². The molecule has 0 aromatic heterocycles. The van der Waals surface area contributed by atoms with Gasteiger partial charge < -0.3 is 18.9 Å². The van der Waals surface area contributed by atoms with E-state index in [4.69, 9.17) is 18.5 Å². The number of hydrogen-bond donors (Lipinski definition) is 1. The highest BCUT2D eigenvalue weighted by Gasteiger charge is 2.27. The zero-order chi connectivity index (χ0) is 48.5. The van der Waals surface area contributed by atoms with Crippen LogP contribution < -0.4 is 0 Å². The van der Waals surface area contributed by atoms with Gasteiger partial charge in [0.05, 0.1) is 27.7 Å². The van der Waals surface area contributed by atoms with Crippen LogP contribution in [-0.4, -0.2) is 74.9 Å². The molecule has 0 aliphatic carbocycles. The van der Waals surface area contributed by atoms with Crippen LogP contribution >= 0.6 is 7.82 Å². The average Bonchev–Trinajstić information content (AvgIpc) is 3.27. The van der Waals surface area contributed by atoms with Gasteiger partial charge in [-0.2, -0.15) is 0 Å². The summed E-state index contributed by atoms with van der Waals surface area (Å²) in [7, 11) is 1.50. The van der Waals surface area contributed by atoms with Crippen molar-refractivity contribution in [1.29, 1.82) is 0 Å². The molecule has 394 valence electrons. The first kappa shape index (κ1) is 65.0. The summed E-state index contributed by atoms with van der Waals surface area (Å²) in [5.74, 6) is -0.773. The fourth-order valence-electron chi connectivity index (χ4n) is 8.67. The minimum atomic E-state index is -4.38. The predicted octanol–water partition coefficient (Wildman–Crippen LogP) is 17.5. The van der Waals surface area contributed by atoms with E-state index < -0.39 is 26.5 Å². The zero-order valence-corrected chi connectivity index (χ0v) is 45.6. The molecule has 0 rings (SSSR count). The number of ether oxygens (including phenoxy) is 2. The molecular formula is C56H113NO8P+. The maximum Gasteiger partial charge on any atom is 0.472 e. The van der Waals surface area contributed by atoms with Gasteiger partial charge in [-0.15, -0.1) is 0 Å². The molecule has 0 bridgehead atoms. The monoisotopic (exact) mass is 959 g/mol. The number of carbonyl (C=O) groups excluding carboxylic acids is 2. The topological polar surface area (TPSA) is 108 Å². The Morgan fingerprint density at radius 2 is 0.682 bits per heavy atom. The molecule has 2 atom stereocenters. The highest BCUT2D eigenvalue weighted by atomic mass is 31.2. The Kier molecular flexibility index (Phi) is 48.3. The predicted molar refractivity (Wildman–Crippen MR) is 280 cm³/mol. The van der Waals surface area contributed by atoms with E-state index in [1.165, 1.54) is 231 Å². The molecule has 0 saturated carbocycles. The van der Waals surface area contributed by atoms with Gasteiger partial charge in [-0.3, -0.25) is 18.6 Å². The molecule has 0 aromatic carbocycles. The summed E-state index contributed by atoms with van der Waals surface area (Å²) >= 11 is 0. The number of nitrogens with zero attached hydrogens (tertiary/aromatic N) is 1. The first-order valence-corrected chi connectivity index (χ1v) is 30.3. The number of hydrogen-bond acceptors (Lipinski definition) is 7. The largest absolute Gasteiger partial charge is 0.472 e. The number of rotatable bonds is 54. The lowest BCUT2D eigenvalue weighted by Gasteiger charge is -2.24. The number of unbranched alkanes of at least 4 members (excludes halogenated alkanes) is 40. The Morgan fingerprint density at radius 1 is 0.409 bits per heavy atom. The molecule has 9 nitrogen and oxygen atoms in total. The van der Waals surface area contributed by atoms with E-state index in [9.17, 15) is 19.0 Å². The third-order valence-corrected chi connectivity index (χ3v) is 14.1. The van der Waals surface area contributed by atoms with Gasteiger partial charge in [-0.1, -0.05) is 271 Å². The summed E-state index contributed by atoms with van der Waals surface area (Å²) in [4.78, 5) is 35.7. The lowest BCUT2D eigenvalue weighted by molar-refractivity contribution is -0.870. The van der Waals surface area contributed by atoms with Crippen molar-refractivity contribution in [2.75, 3.05) is 47.5 Å². The smallest absolute Gasteiger partial charge is 0.462 e. The first-order valence-electron chi connectivity index (χ1n) is 28.8. The molecule has 0 saturated heterocycles. The third-order valence-electron chi connectivity index (χ3n) is 13.1. The van der Waals surface area contributed by atoms with Crippen molar-refractivity contribution < 1.29 is 42.1 Å². The Labute approximate surface area is 410 Å². The van der Waals surface area contributed by atoms with Crippen molar-refractivity contribution in [3.8, 4) is 0 Å². The number of likely N-dealkylation sites (N-methyl/N-ethyl adjacent to an activating group) is 1. The Balaban J connectivity index is 4.12. The van der Waals surface area contributed by atoms with Crippen LogP contribution in [0.3, 0.4) is 0 Å². The number of phosphoric ester groups is 1. The molecule has 0 amide bonds. The van der Waals surface area contributed by atoms with Crippen molar-refractivity contribution in [2.24, 2.45) is 0 Å². The maximum atomic E-state index is 12.8. The Bertz CT molecular complexity index is 1080. The van der Waals surface area contributed by atoms with Crippen LogP contribution in [0.4, 0.5) is 0 Å². The fourth-order valence-corrected chi connectivity index (χ4v) is 9.41. The summed E-state index contributed by atoms with van der Waals surface area (Å²) in [5, 5.41) is 0. The van der Waals surface area contributed by atoms with Crippen LogP contribution in [0.2, 0.25) is 0 Å². The SMILES string of the molecule is CCCCCCCCCCCCCCCCCCCCCCCC(=O)OC[C@H](COP(=O)(O)OCC[N+](C)(C)C)OC(=O)CCCCCCCCCCCCCCCCCCCCCCC. The number of phosphoric acid groups is 1. The summed E-state index contributed by atoms with van der Waals surface area (Å²) < 4.78 is 34.6. The molecule has 0 spiro atoms. The lowest BCUT2D eigenvalue weighted by atomic mass is 10.0. The Hall–Kier alpha value is -0.990. The van der Waals surface area contributed by atoms with Crippen LogP contribution in [0.1, 0.15) is 296 Å². The molecular weight excluding hydrogens is 846 g/mol.